The Morgan fingerprint density at radius 1 is 1.08 bits per heavy atom. The minimum absolute atomic E-state index is 1.38. The van der Waals surface area contributed by atoms with E-state index >= 15 is 0 Å². The van der Waals surface area contributed by atoms with Crippen molar-refractivity contribution in [1.82, 2.24) is 4.98 Å². The molecular formula is C10H11NS. The second-order valence-electron chi connectivity index (χ2n) is 2.25. The molecule has 62 valence electrons. The zero-order valence-corrected chi connectivity index (χ0v) is 7.79. The van der Waals surface area contributed by atoms with Gasteiger partial charge in [-0.15, -0.1) is 11.3 Å². The van der Waals surface area contributed by atoms with Crippen molar-refractivity contribution in [2.45, 2.75) is 6.92 Å². The van der Waals surface area contributed by atoms with Crippen LogP contribution >= 0.6 is 11.3 Å². The van der Waals surface area contributed by atoms with Gasteiger partial charge in [0.05, 0.1) is 0 Å². The molecule has 0 saturated carbocycles. The van der Waals surface area contributed by atoms with Crippen LogP contribution in [0.5, 0.6) is 0 Å². The summed E-state index contributed by atoms with van der Waals surface area (Å²) in [6.45, 7) is 2.10. The van der Waals surface area contributed by atoms with Gasteiger partial charge in [0.2, 0.25) is 0 Å². The third-order valence-corrected chi connectivity index (χ3v) is 2.03. The zero-order chi connectivity index (χ0) is 8.65. The van der Waals surface area contributed by atoms with Crippen LogP contribution in [0.2, 0.25) is 0 Å². The lowest BCUT2D eigenvalue weighted by atomic mass is 10.5. The maximum absolute atomic E-state index is 3.78. The van der Waals surface area contributed by atoms with Gasteiger partial charge in [0.25, 0.3) is 0 Å². The Kier molecular flexibility index (Phi) is 4.09. The smallest absolute Gasteiger partial charge is 0.0267 e. The first-order valence-corrected chi connectivity index (χ1v) is 4.62. The maximum Gasteiger partial charge on any atom is 0.0267 e. The van der Waals surface area contributed by atoms with E-state index in [0.717, 1.165) is 0 Å². The Morgan fingerprint density at radius 2 is 1.83 bits per heavy atom. The molecule has 0 aromatic carbocycles. The minimum atomic E-state index is 1.38. The lowest BCUT2D eigenvalue weighted by Crippen LogP contribution is -1.58. The first-order chi connectivity index (χ1) is 5.89. The standard InChI is InChI=1S/C5H5N.C5H6S/c1-2-4-6-5-3-1;1-5-3-2-4-6-5/h1-5H;2-4H,1H3. The van der Waals surface area contributed by atoms with Crippen LogP contribution in [0, 0.1) is 6.92 Å². The van der Waals surface area contributed by atoms with Crippen LogP contribution in [-0.2, 0) is 0 Å². The van der Waals surface area contributed by atoms with Crippen LogP contribution in [0.15, 0.2) is 48.1 Å². The van der Waals surface area contributed by atoms with Crippen LogP contribution < -0.4 is 0 Å². The second-order valence-corrected chi connectivity index (χ2v) is 3.40. The molecule has 1 nitrogen and oxygen atoms in total. The van der Waals surface area contributed by atoms with Gasteiger partial charge in [-0.25, -0.2) is 0 Å². The summed E-state index contributed by atoms with van der Waals surface area (Å²) in [4.78, 5) is 5.17. The first-order valence-electron chi connectivity index (χ1n) is 3.74. The molecule has 0 radical (unpaired) electrons. The van der Waals surface area contributed by atoms with Crippen LogP contribution in [0.1, 0.15) is 4.88 Å². The second kappa shape index (κ2) is 5.49. The van der Waals surface area contributed by atoms with Gasteiger partial charge < -0.3 is 0 Å². The molecule has 0 N–H and O–H groups in total. The van der Waals surface area contributed by atoms with Crippen molar-refractivity contribution >= 4 is 11.3 Å². The Balaban J connectivity index is 0.000000120. The Labute approximate surface area is 76.7 Å². The summed E-state index contributed by atoms with van der Waals surface area (Å²) in [6.07, 6.45) is 3.50. The molecule has 0 aliphatic rings. The summed E-state index contributed by atoms with van der Waals surface area (Å²) in [5.41, 5.74) is 0. The molecule has 12 heavy (non-hydrogen) atoms. The molecule has 0 saturated heterocycles. The molecule has 0 amide bonds. The topological polar surface area (TPSA) is 12.9 Å². The fourth-order valence-electron chi connectivity index (χ4n) is 0.673. The molecular weight excluding hydrogens is 166 g/mol. The van der Waals surface area contributed by atoms with E-state index in [1.165, 1.54) is 4.88 Å². The molecule has 0 aliphatic heterocycles. The van der Waals surface area contributed by atoms with E-state index in [-0.39, 0.29) is 0 Å². The SMILES string of the molecule is Cc1cccs1.c1ccncc1. The van der Waals surface area contributed by atoms with Gasteiger partial charge in [0, 0.05) is 17.3 Å². The third-order valence-electron chi connectivity index (χ3n) is 1.23. The fourth-order valence-corrected chi connectivity index (χ4v) is 1.20. The molecule has 0 atom stereocenters. The number of hydrogen-bond acceptors (Lipinski definition) is 2. The molecule has 0 aliphatic carbocycles. The van der Waals surface area contributed by atoms with Gasteiger partial charge in [0.15, 0.2) is 0 Å². The number of aryl methyl sites for hydroxylation is 1. The van der Waals surface area contributed by atoms with Gasteiger partial charge in [-0.05, 0) is 30.5 Å². The van der Waals surface area contributed by atoms with E-state index in [9.17, 15) is 0 Å². The first kappa shape index (κ1) is 8.94. The minimum Gasteiger partial charge on any atom is -0.265 e. The Hall–Kier alpha value is -1.15. The summed E-state index contributed by atoms with van der Waals surface area (Å²) in [5, 5.41) is 2.08. The molecule has 0 unspecified atom stereocenters. The summed E-state index contributed by atoms with van der Waals surface area (Å²) in [6, 6.07) is 9.87. The number of nitrogens with zero attached hydrogens (tertiary/aromatic N) is 1. The lowest BCUT2D eigenvalue weighted by Gasteiger charge is -1.70. The number of thiophene rings is 1. The van der Waals surface area contributed by atoms with Crippen LogP contribution in [0.4, 0.5) is 0 Å². The lowest BCUT2D eigenvalue weighted by molar-refractivity contribution is 1.33. The van der Waals surface area contributed by atoms with E-state index in [1.807, 2.05) is 18.2 Å². The summed E-state index contributed by atoms with van der Waals surface area (Å²) in [5.74, 6) is 0. The van der Waals surface area contributed by atoms with Crippen molar-refractivity contribution in [3.05, 3.63) is 53.0 Å². The predicted molar refractivity (Wildman–Crippen MR) is 53.3 cm³/mol. The van der Waals surface area contributed by atoms with Crippen molar-refractivity contribution in [2.24, 2.45) is 0 Å². The van der Waals surface area contributed by atoms with E-state index in [2.05, 4.69) is 29.4 Å². The van der Waals surface area contributed by atoms with Crippen molar-refractivity contribution in [3.63, 3.8) is 0 Å². The fraction of sp³-hybridized carbons (Fsp3) is 0.100. The molecule has 0 fully saturated rings. The van der Waals surface area contributed by atoms with Crippen LogP contribution in [0.3, 0.4) is 0 Å². The van der Waals surface area contributed by atoms with Gasteiger partial charge in [-0.2, -0.15) is 0 Å². The summed E-state index contributed by atoms with van der Waals surface area (Å²) >= 11 is 1.78. The largest absolute Gasteiger partial charge is 0.265 e. The monoisotopic (exact) mass is 177 g/mol. The Morgan fingerprint density at radius 3 is 2.00 bits per heavy atom. The molecule has 2 rings (SSSR count). The highest BCUT2D eigenvalue weighted by Gasteiger charge is 1.74. The van der Waals surface area contributed by atoms with Gasteiger partial charge in [-0.1, -0.05) is 12.1 Å². The highest BCUT2D eigenvalue weighted by atomic mass is 32.1. The van der Waals surface area contributed by atoms with Crippen molar-refractivity contribution in [2.75, 3.05) is 0 Å². The number of pyridine rings is 1. The number of hydrogen-bond donors (Lipinski definition) is 0. The van der Waals surface area contributed by atoms with Crippen molar-refractivity contribution < 1.29 is 0 Å². The van der Waals surface area contributed by atoms with Crippen molar-refractivity contribution in [1.29, 1.82) is 0 Å². The summed E-state index contributed by atoms with van der Waals surface area (Å²) < 4.78 is 0. The average molecular weight is 177 g/mol. The average Bonchev–Trinajstić information content (AvgIpc) is 2.60. The van der Waals surface area contributed by atoms with Gasteiger partial charge in [0.1, 0.15) is 0 Å². The quantitative estimate of drug-likeness (QED) is 0.602. The van der Waals surface area contributed by atoms with E-state index in [0.29, 0.717) is 0 Å². The molecule has 2 aromatic rings. The molecule has 2 heteroatoms. The van der Waals surface area contributed by atoms with Crippen molar-refractivity contribution in [3.8, 4) is 0 Å². The maximum atomic E-state index is 3.78. The third kappa shape index (κ3) is 3.88. The van der Waals surface area contributed by atoms with Crippen LogP contribution in [0.25, 0.3) is 0 Å². The normalized spacial score (nSPS) is 8.42. The number of rotatable bonds is 0. The molecule has 0 bridgehead atoms. The van der Waals surface area contributed by atoms with E-state index < -0.39 is 0 Å². The molecule has 2 aromatic heterocycles. The number of aromatic nitrogens is 1. The Bertz CT molecular complexity index is 249. The van der Waals surface area contributed by atoms with Gasteiger partial charge in [-0.3, -0.25) is 4.98 Å². The molecule has 2 heterocycles. The highest BCUT2D eigenvalue weighted by Crippen LogP contribution is 2.03. The zero-order valence-electron chi connectivity index (χ0n) is 6.97. The predicted octanol–water partition coefficient (Wildman–Crippen LogP) is 3.14. The van der Waals surface area contributed by atoms with E-state index in [4.69, 9.17) is 0 Å². The summed E-state index contributed by atoms with van der Waals surface area (Å²) in [7, 11) is 0. The van der Waals surface area contributed by atoms with E-state index in [1.54, 1.807) is 23.7 Å². The van der Waals surface area contributed by atoms with Crippen LogP contribution in [-0.4, -0.2) is 4.98 Å². The highest BCUT2D eigenvalue weighted by molar-refractivity contribution is 7.09. The van der Waals surface area contributed by atoms with Gasteiger partial charge >= 0.3 is 0 Å². The molecule has 0 spiro atoms.